The Morgan fingerprint density at radius 3 is 2.70 bits per heavy atom. The number of amides is 1. The normalized spacial score (nSPS) is 12.4. The van der Waals surface area contributed by atoms with E-state index in [0.29, 0.717) is 29.8 Å². The first-order valence-corrected chi connectivity index (χ1v) is 13.1. The van der Waals surface area contributed by atoms with Gasteiger partial charge in [0.05, 0.1) is 28.8 Å². The predicted octanol–water partition coefficient (Wildman–Crippen LogP) is 4.67. The lowest BCUT2D eigenvalue weighted by molar-refractivity contribution is 0.0954. The Morgan fingerprint density at radius 2 is 2.00 bits per heavy atom. The van der Waals surface area contributed by atoms with Crippen molar-refractivity contribution in [3.63, 3.8) is 0 Å². The molecule has 0 unspecified atom stereocenters. The lowest BCUT2D eigenvalue weighted by Gasteiger charge is -2.13. The molecule has 37 heavy (non-hydrogen) atoms. The van der Waals surface area contributed by atoms with Crippen LogP contribution in [0.15, 0.2) is 49.1 Å². The molecule has 0 spiro atoms. The summed E-state index contributed by atoms with van der Waals surface area (Å²) >= 11 is 1.44. The first-order valence-electron chi connectivity index (χ1n) is 12.3. The third kappa shape index (κ3) is 6.78. The largest absolute Gasteiger partial charge is 0.347 e. The zero-order valence-electron chi connectivity index (χ0n) is 21.9. The third-order valence-corrected chi connectivity index (χ3v) is 7.32. The molecule has 0 radical (unpaired) electrons. The molecular formula is C27H34N8OS. The summed E-state index contributed by atoms with van der Waals surface area (Å²) in [4.78, 5) is 26.7. The highest BCUT2D eigenvalue weighted by molar-refractivity contribution is 7.13. The van der Waals surface area contributed by atoms with E-state index in [1.165, 1.54) is 11.3 Å². The molecule has 9 nitrogen and oxygen atoms in total. The molecule has 4 N–H and O–H groups in total. The van der Waals surface area contributed by atoms with Crippen molar-refractivity contribution in [2.45, 2.75) is 53.1 Å². The van der Waals surface area contributed by atoms with Crippen molar-refractivity contribution in [2.75, 3.05) is 11.9 Å². The van der Waals surface area contributed by atoms with Gasteiger partial charge < -0.3 is 16.4 Å². The Kier molecular flexibility index (Phi) is 7.99. The average molecular weight is 519 g/mol. The van der Waals surface area contributed by atoms with Gasteiger partial charge in [0.2, 0.25) is 5.95 Å². The number of carbonyl (C=O) groups is 1. The number of nitrogens with one attached hydrogen (secondary N) is 2. The van der Waals surface area contributed by atoms with Crippen LogP contribution < -0.4 is 16.4 Å². The highest BCUT2D eigenvalue weighted by Crippen LogP contribution is 2.27. The molecule has 3 aromatic heterocycles. The molecule has 4 aromatic rings. The van der Waals surface area contributed by atoms with E-state index in [1.807, 2.05) is 36.0 Å². The van der Waals surface area contributed by atoms with Gasteiger partial charge >= 0.3 is 0 Å². The summed E-state index contributed by atoms with van der Waals surface area (Å²) in [6.07, 6.45) is 7.06. The van der Waals surface area contributed by atoms with Crippen LogP contribution in [-0.2, 0) is 18.5 Å². The number of hydrogen-bond acceptors (Lipinski definition) is 8. The SMILES string of the molecule is Cc1cc(-c2ccnc(Nc3cnn(C[C@@H](C)CN)c3)n2)ccc1CNC(=O)c1cnc(C(C)(C)C)s1. The van der Waals surface area contributed by atoms with Gasteiger partial charge in [-0.05, 0) is 42.6 Å². The van der Waals surface area contributed by atoms with Gasteiger partial charge in [-0.15, -0.1) is 11.3 Å². The summed E-state index contributed by atoms with van der Waals surface area (Å²) in [6.45, 7) is 12.2. The maximum atomic E-state index is 12.6. The number of anilines is 2. The summed E-state index contributed by atoms with van der Waals surface area (Å²) in [5.41, 5.74) is 10.4. The lowest BCUT2D eigenvalue weighted by atomic mass is 9.98. The maximum Gasteiger partial charge on any atom is 0.263 e. The standard InChI is InChI=1S/C27H34N8OS/c1-17(11-28)15-35-16-21(13-32-35)33-26-29-9-8-22(34-26)19-6-7-20(18(2)10-19)12-30-24(36)23-14-31-25(37-23)27(3,4)5/h6-10,13-14,16-17H,11-12,15,28H2,1-5H3,(H,30,36)(H,29,33,34)/t17-/m0/s1. The molecule has 1 aromatic carbocycles. The minimum Gasteiger partial charge on any atom is -0.347 e. The second-order valence-electron chi connectivity index (χ2n) is 10.3. The van der Waals surface area contributed by atoms with Crippen LogP contribution in [0.1, 0.15) is 53.5 Å². The molecule has 0 aliphatic heterocycles. The van der Waals surface area contributed by atoms with Crippen LogP contribution in [-0.4, -0.2) is 37.2 Å². The van der Waals surface area contributed by atoms with E-state index in [4.69, 9.17) is 5.73 Å². The highest BCUT2D eigenvalue weighted by atomic mass is 32.1. The van der Waals surface area contributed by atoms with E-state index in [2.05, 4.69) is 64.4 Å². The van der Waals surface area contributed by atoms with E-state index in [-0.39, 0.29) is 11.3 Å². The number of benzene rings is 1. The first-order chi connectivity index (χ1) is 17.6. The average Bonchev–Trinajstić information content (AvgIpc) is 3.53. The first kappa shape index (κ1) is 26.4. The van der Waals surface area contributed by atoms with Gasteiger partial charge in [0.1, 0.15) is 4.88 Å². The Balaban J connectivity index is 1.40. The van der Waals surface area contributed by atoms with Crippen LogP contribution in [0.5, 0.6) is 0 Å². The number of carbonyl (C=O) groups excluding carboxylic acids is 1. The monoisotopic (exact) mass is 518 g/mol. The topological polar surface area (TPSA) is 124 Å². The van der Waals surface area contributed by atoms with Crippen molar-refractivity contribution in [3.8, 4) is 11.3 Å². The number of nitrogens with zero attached hydrogens (tertiary/aromatic N) is 5. The van der Waals surface area contributed by atoms with Crippen LogP contribution in [0, 0.1) is 12.8 Å². The molecule has 3 heterocycles. The van der Waals surface area contributed by atoms with Gasteiger partial charge in [-0.3, -0.25) is 9.48 Å². The van der Waals surface area contributed by atoms with Gasteiger partial charge in [-0.25, -0.2) is 15.0 Å². The van der Waals surface area contributed by atoms with E-state index >= 15 is 0 Å². The van der Waals surface area contributed by atoms with Gasteiger partial charge in [-0.2, -0.15) is 5.10 Å². The summed E-state index contributed by atoms with van der Waals surface area (Å²) in [5, 5.41) is 11.6. The predicted molar refractivity (Wildman–Crippen MR) is 148 cm³/mol. The third-order valence-electron chi connectivity index (χ3n) is 5.89. The number of hydrogen-bond donors (Lipinski definition) is 3. The second-order valence-corrected chi connectivity index (χ2v) is 11.3. The summed E-state index contributed by atoms with van der Waals surface area (Å²) in [5.74, 6) is 0.738. The number of aryl methyl sites for hydroxylation is 1. The molecule has 0 saturated carbocycles. The van der Waals surface area contributed by atoms with E-state index in [9.17, 15) is 4.79 Å². The Bertz CT molecular complexity index is 1370. The number of rotatable bonds is 9. The molecule has 0 saturated heterocycles. The highest BCUT2D eigenvalue weighted by Gasteiger charge is 2.20. The molecule has 0 aliphatic carbocycles. The fourth-order valence-corrected chi connectivity index (χ4v) is 4.56. The van der Waals surface area contributed by atoms with E-state index < -0.39 is 0 Å². The minimum absolute atomic E-state index is 0.0723. The molecule has 0 bridgehead atoms. The van der Waals surface area contributed by atoms with Crippen molar-refractivity contribution in [1.29, 1.82) is 0 Å². The number of nitrogens with two attached hydrogens (primary N) is 1. The fourth-order valence-electron chi connectivity index (χ4n) is 3.67. The number of thiazole rings is 1. The van der Waals surface area contributed by atoms with Gasteiger partial charge in [0, 0.05) is 36.5 Å². The van der Waals surface area contributed by atoms with Crippen LogP contribution in [0.25, 0.3) is 11.3 Å². The number of aromatic nitrogens is 5. The fraction of sp³-hybridized carbons (Fsp3) is 0.370. The van der Waals surface area contributed by atoms with Crippen molar-refractivity contribution >= 4 is 28.9 Å². The zero-order chi connectivity index (χ0) is 26.6. The molecule has 4 rings (SSSR count). The molecule has 0 aliphatic rings. The molecule has 194 valence electrons. The second kappa shape index (κ2) is 11.2. The Hall–Kier alpha value is -3.63. The molecule has 1 amide bonds. The van der Waals surface area contributed by atoms with Crippen molar-refractivity contribution in [1.82, 2.24) is 30.0 Å². The van der Waals surface area contributed by atoms with Gasteiger partial charge in [0.15, 0.2) is 0 Å². The van der Waals surface area contributed by atoms with Crippen molar-refractivity contribution in [2.24, 2.45) is 11.7 Å². The zero-order valence-corrected chi connectivity index (χ0v) is 22.8. The van der Waals surface area contributed by atoms with E-state index in [0.717, 1.165) is 39.6 Å². The van der Waals surface area contributed by atoms with Crippen LogP contribution >= 0.6 is 11.3 Å². The smallest absolute Gasteiger partial charge is 0.263 e. The molecule has 0 fully saturated rings. The van der Waals surface area contributed by atoms with Crippen LogP contribution in [0.2, 0.25) is 0 Å². The summed E-state index contributed by atoms with van der Waals surface area (Å²) in [7, 11) is 0. The molecule has 1 atom stereocenters. The minimum atomic E-state index is -0.108. The molecule has 10 heteroatoms. The molecular weight excluding hydrogens is 484 g/mol. The Morgan fingerprint density at radius 1 is 1.19 bits per heavy atom. The maximum absolute atomic E-state index is 12.6. The van der Waals surface area contributed by atoms with Gasteiger partial charge in [0.25, 0.3) is 5.91 Å². The quantitative estimate of drug-likeness (QED) is 0.294. The summed E-state index contributed by atoms with van der Waals surface area (Å²) in [6, 6.07) is 7.99. The van der Waals surface area contributed by atoms with E-state index in [1.54, 1.807) is 18.6 Å². The summed E-state index contributed by atoms with van der Waals surface area (Å²) < 4.78 is 1.86. The van der Waals surface area contributed by atoms with Gasteiger partial charge in [-0.1, -0.05) is 39.8 Å². The Labute approximate surface area is 221 Å². The lowest BCUT2D eigenvalue weighted by Crippen LogP contribution is -2.22. The van der Waals surface area contributed by atoms with Crippen molar-refractivity contribution in [3.05, 3.63) is 70.1 Å². The van der Waals surface area contributed by atoms with Crippen LogP contribution in [0.3, 0.4) is 0 Å². The van der Waals surface area contributed by atoms with Crippen molar-refractivity contribution < 1.29 is 4.79 Å². The van der Waals surface area contributed by atoms with Crippen LogP contribution in [0.4, 0.5) is 11.6 Å².